The van der Waals surface area contributed by atoms with Crippen LogP contribution >= 0.6 is 0 Å². The van der Waals surface area contributed by atoms with Crippen LogP contribution in [-0.4, -0.2) is 18.3 Å². The molecule has 16 rings (SSSR count). The van der Waals surface area contributed by atoms with E-state index >= 15 is 0 Å². The van der Waals surface area contributed by atoms with Gasteiger partial charge in [-0.2, -0.15) is 36.9 Å². The molecule has 0 unspecified atom stereocenters. The molecule has 0 saturated carbocycles. The highest BCUT2D eigenvalue weighted by Crippen LogP contribution is 2.50. The lowest BCUT2D eigenvalue weighted by Crippen LogP contribution is -2.09. The summed E-state index contributed by atoms with van der Waals surface area (Å²) >= 11 is 0. The van der Waals surface area contributed by atoms with Crippen LogP contribution in [0.15, 0.2) is 206 Å². The molecule has 0 fully saturated rings. The lowest BCUT2D eigenvalue weighted by atomic mass is 9.94. The topological polar surface area (TPSA) is 76.0 Å². The van der Waals surface area contributed by atoms with Gasteiger partial charge in [0.15, 0.2) is 0 Å². The molecule has 0 bridgehead atoms. The van der Waals surface area contributed by atoms with Crippen molar-refractivity contribution in [1.82, 2.24) is 18.3 Å². The van der Waals surface area contributed by atoms with Gasteiger partial charge in [-0.25, -0.2) is 9.69 Å². The molecule has 0 N–H and O–H groups in total. The van der Waals surface area contributed by atoms with Crippen LogP contribution in [0.2, 0.25) is 0 Å². The Morgan fingerprint density at radius 2 is 0.600 bits per heavy atom. The van der Waals surface area contributed by atoms with E-state index in [4.69, 9.17) is 13.1 Å². The van der Waals surface area contributed by atoms with Gasteiger partial charge in [0, 0.05) is 71.2 Å². The summed E-state index contributed by atoms with van der Waals surface area (Å²) in [6.45, 7) is 33.3. The molecular formula is C86H58F6N8. The fourth-order valence-electron chi connectivity index (χ4n) is 15.5. The van der Waals surface area contributed by atoms with E-state index in [1.54, 1.807) is 12.1 Å². The third-order valence-corrected chi connectivity index (χ3v) is 19.8. The highest BCUT2D eigenvalue weighted by atomic mass is 19.4. The van der Waals surface area contributed by atoms with Crippen molar-refractivity contribution in [2.24, 2.45) is 0 Å². The average Bonchev–Trinajstić information content (AvgIpc) is 1.53. The van der Waals surface area contributed by atoms with Gasteiger partial charge in [0.1, 0.15) is 0 Å². The number of aromatic nitrogens is 4. The Morgan fingerprint density at radius 3 is 0.870 bits per heavy atom. The minimum absolute atomic E-state index is 0.0762. The van der Waals surface area contributed by atoms with Crippen molar-refractivity contribution in [3.8, 4) is 57.1 Å². The Labute approximate surface area is 571 Å². The van der Waals surface area contributed by atoms with Crippen molar-refractivity contribution >= 4 is 98.6 Å². The summed E-state index contributed by atoms with van der Waals surface area (Å²) in [5.74, 6) is 0. The number of fused-ring (bicyclic) bond motifs is 12. The maximum Gasteiger partial charge on any atom is 0.417 e. The fraction of sp³-hybridized carbons (Fsp3) is 0.116. The largest absolute Gasteiger partial charge is 0.417 e. The predicted octanol–water partition coefficient (Wildman–Crippen LogP) is 24.4. The summed E-state index contributed by atoms with van der Waals surface area (Å²) in [5.41, 5.74) is 17.3. The lowest BCUT2D eigenvalue weighted by Gasteiger charge is -2.21. The number of nitriles is 2. The van der Waals surface area contributed by atoms with Gasteiger partial charge in [0.2, 0.25) is 11.4 Å². The molecule has 14 heteroatoms. The first-order valence-corrected chi connectivity index (χ1v) is 32.4. The van der Waals surface area contributed by atoms with Crippen LogP contribution < -0.4 is 0 Å². The molecule has 0 saturated heterocycles. The zero-order chi connectivity index (χ0) is 70.1. The van der Waals surface area contributed by atoms with E-state index in [2.05, 4.69) is 76.9 Å². The molecule has 0 spiro atoms. The average molecular weight is 1320 g/mol. The molecule has 4 aromatic heterocycles. The minimum Gasteiger partial charge on any atom is -0.319 e. The molecule has 8 nitrogen and oxygen atoms in total. The van der Waals surface area contributed by atoms with Crippen LogP contribution in [0.25, 0.3) is 142 Å². The van der Waals surface area contributed by atoms with Gasteiger partial charge in [0.25, 0.3) is 0 Å². The summed E-state index contributed by atoms with van der Waals surface area (Å²) < 4.78 is 94.9. The van der Waals surface area contributed by atoms with E-state index in [9.17, 15) is 36.9 Å². The summed E-state index contributed by atoms with van der Waals surface area (Å²) in [4.78, 5) is 8.11. The molecule has 0 aliphatic heterocycles. The van der Waals surface area contributed by atoms with E-state index in [0.29, 0.717) is 50.8 Å². The smallest absolute Gasteiger partial charge is 0.319 e. The number of hydrogen-bond acceptors (Lipinski definition) is 2. The van der Waals surface area contributed by atoms with Gasteiger partial charge < -0.3 is 18.3 Å². The number of hydrogen-bond donors (Lipinski definition) is 0. The first-order chi connectivity index (χ1) is 48.1. The zero-order valence-electron chi connectivity index (χ0n) is 55.5. The van der Waals surface area contributed by atoms with Crippen LogP contribution in [0.4, 0.5) is 37.7 Å². The third-order valence-electron chi connectivity index (χ3n) is 19.8. The summed E-state index contributed by atoms with van der Waals surface area (Å²) in [6, 6.07) is 66.3. The molecular weight excluding hydrogens is 1260 g/mol. The first-order valence-electron chi connectivity index (χ1n) is 32.4. The molecule has 0 radical (unpaired) electrons. The van der Waals surface area contributed by atoms with Gasteiger partial charge in [-0.15, -0.1) is 0 Å². The monoisotopic (exact) mass is 1320 g/mol. The van der Waals surface area contributed by atoms with Gasteiger partial charge in [-0.1, -0.05) is 109 Å². The molecule has 100 heavy (non-hydrogen) atoms. The van der Waals surface area contributed by atoms with Crippen molar-refractivity contribution < 1.29 is 26.3 Å². The van der Waals surface area contributed by atoms with Crippen LogP contribution in [-0.2, 0) is 12.4 Å². The standard InChI is InChI=1S/2C43H29F3N4/c1-24-10-6-14-33-39(24)40-25(2)11-7-15-34(40)49(33)37-22-32(48-5)38(21-31(37)30-19-18-29(43(44,45)46)20-28(30)23-47)50-35-16-8-12-26(3)41(35)42-27(4)13-9-17-36(42)50;1-24-10-6-14-33-39(24)40-25(2)11-7-15-34(40)49(33)37-22-32(48-5)38(21-30(37)29-19-18-28(23-47)20-31(29)43(44,45)46)50-35-16-8-12-26(3)41(35)42-27(4)13-9-17-36(42)50/h2*6-22H,1-4H3. The molecule has 0 aliphatic carbocycles. The van der Waals surface area contributed by atoms with Crippen molar-refractivity contribution in [3.63, 3.8) is 0 Å². The Morgan fingerprint density at radius 1 is 0.310 bits per heavy atom. The first kappa shape index (κ1) is 63.4. The number of benzene rings is 12. The van der Waals surface area contributed by atoms with Crippen LogP contribution in [0.5, 0.6) is 0 Å². The van der Waals surface area contributed by atoms with Crippen LogP contribution in [0.3, 0.4) is 0 Å². The normalized spacial score (nSPS) is 11.9. The van der Waals surface area contributed by atoms with E-state index in [1.807, 2.05) is 176 Å². The quantitative estimate of drug-likeness (QED) is 0.123. The van der Waals surface area contributed by atoms with Crippen LogP contribution in [0.1, 0.15) is 66.8 Å². The van der Waals surface area contributed by atoms with E-state index in [1.165, 1.54) is 18.2 Å². The van der Waals surface area contributed by atoms with Crippen molar-refractivity contribution in [3.05, 3.63) is 296 Å². The summed E-state index contributed by atoms with van der Waals surface area (Å²) in [7, 11) is 0. The Balaban J connectivity index is 0.000000162. The second kappa shape index (κ2) is 23.6. The van der Waals surface area contributed by atoms with Gasteiger partial charge in [0.05, 0.1) is 103 Å². The van der Waals surface area contributed by atoms with Gasteiger partial charge in [-0.3, -0.25) is 0 Å². The lowest BCUT2D eigenvalue weighted by molar-refractivity contribution is -0.138. The van der Waals surface area contributed by atoms with Crippen LogP contribution in [0, 0.1) is 91.2 Å². The molecule has 0 atom stereocenters. The Kier molecular flexibility index (Phi) is 15.0. The Hall–Kier alpha value is -12.6. The SMILES string of the molecule is [C-]#[N+]c1cc(-n2c3cccc(C)c3c3c(C)cccc32)c(-c2ccc(C#N)cc2C(F)(F)F)cc1-n1c2cccc(C)c2c2c(C)cccc21.[C-]#[N+]c1cc(-n2c3cccc(C)c3c3c(C)cccc32)c(-c2ccc(C(F)(F)F)cc2C#N)cc1-n1c2cccc(C)c2c2c(C)cccc21. The number of nitrogens with zero attached hydrogens (tertiary/aromatic N) is 8. The molecule has 0 amide bonds. The molecule has 484 valence electrons. The molecule has 12 aromatic carbocycles. The number of halogens is 6. The van der Waals surface area contributed by atoms with Crippen molar-refractivity contribution in [1.29, 1.82) is 10.5 Å². The summed E-state index contributed by atoms with van der Waals surface area (Å²) in [6.07, 6.45) is -9.38. The third kappa shape index (κ3) is 9.77. The van der Waals surface area contributed by atoms with E-state index in [0.717, 1.165) is 150 Å². The zero-order valence-corrected chi connectivity index (χ0v) is 55.5. The number of rotatable bonds is 6. The maximum absolute atomic E-state index is 15.0. The Bertz CT molecular complexity index is 6180. The highest BCUT2D eigenvalue weighted by molar-refractivity contribution is 6.17. The summed E-state index contributed by atoms with van der Waals surface area (Å²) in [5, 5.41) is 28.3. The number of alkyl halides is 6. The second-order valence-corrected chi connectivity index (χ2v) is 25.8. The van der Waals surface area contributed by atoms with Gasteiger partial charge in [-0.05, 0) is 203 Å². The molecule has 4 heterocycles. The minimum atomic E-state index is -4.76. The maximum atomic E-state index is 15.0. The number of aryl methyl sites for hydroxylation is 8. The van der Waals surface area contributed by atoms with Crippen molar-refractivity contribution in [2.45, 2.75) is 67.7 Å². The molecule has 16 aromatic rings. The van der Waals surface area contributed by atoms with E-state index < -0.39 is 23.5 Å². The highest BCUT2D eigenvalue weighted by Gasteiger charge is 2.37. The fourth-order valence-corrected chi connectivity index (χ4v) is 15.5. The predicted molar refractivity (Wildman–Crippen MR) is 391 cm³/mol. The van der Waals surface area contributed by atoms with E-state index in [-0.39, 0.29) is 16.7 Å². The molecule has 0 aliphatic rings. The van der Waals surface area contributed by atoms with Gasteiger partial charge >= 0.3 is 12.4 Å². The second-order valence-electron chi connectivity index (χ2n) is 25.8. The van der Waals surface area contributed by atoms with Crippen molar-refractivity contribution in [2.75, 3.05) is 0 Å².